The molecule has 1 unspecified atom stereocenters. The number of aliphatic imine (C=N–C) groups is 1. The molecule has 2 aliphatic rings. The number of hydrogen-bond donors (Lipinski definition) is 2. The van der Waals surface area contributed by atoms with Crippen LogP contribution in [0.5, 0.6) is 0 Å². The first-order valence-electron chi connectivity index (χ1n) is 12.4. The fourth-order valence-electron chi connectivity index (χ4n) is 4.81. The van der Waals surface area contributed by atoms with Gasteiger partial charge in [0.25, 0.3) is 0 Å². The predicted octanol–water partition coefficient (Wildman–Crippen LogP) is 3.17. The van der Waals surface area contributed by atoms with Crippen LogP contribution in [-0.4, -0.2) is 79.6 Å². The van der Waals surface area contributed by atoms with Crippen molar-refractivity contribution in [2.24, 2.45) is 4.99 Å². The topological polar surface area (TPSA) is 59.0 Å². The predicted molar refractivity (Wildman–Crippen MR) is 152 cm³/mol. The summed E-state index contributed by atoms with van der Waals surface area (Å²) in [5, 5.41) is 7.04. The largest absolute Gasteiger partial charge is 0.355 e. The van der Waals surface area contributed by atoms with Crippen molar-refractivity contribution in [2.45, 2.75) is 38.9 Å². The molecule has 8 heteroatoms. The van der Waals surface area contributed by atoms with E-state index in [9.17, 15) is 0 Å². The van der Waals surface area contributed by atoms with Crippen molar-refractivity contribution in [3.63, 3.8) is 0 Å². The smallest absolute Gasteiger partial charge is 0.191 e. The van der Waals surface area contributed by atoms with Gasteiger partial charge in [-0.25, -0.2) is 4.98 Å². The van der Waals surface area contributed by atoms with Crippen molar-refractivity contribution >= 4 is 35.8 Å². The van der Waals surface area contributed by atoms with Crippen molar-refractivity contribution in [3.05, 3.63) is 59.8 Å². The maximum Gasteiger partial charge on any atom is 0.191 e. The third-order valence-electron chi connectivity index (χ3n) is 6.87. The summed E-state index contributed by atoms with van der Waals surface area (Å²) < 4.78 is 0. The third kappa shape index (κ3) is 7.55. The fraction of sp³-hybridized carbons (Fsp3) is 0.538. The van der Waals surface area contributed by atoms with Gasteiger partial charge < -0.3 is 20.4 Å². The van der Waals surface area contributed by atoms with Crippen molar-refractivity contribution in [3.8, 4) is 0 Å². The summed E-state index contributed by atoms with van der Waals surface area (Å²) in [6.07, 6.45) is 4.42. The summed E-state index contributed by atoms with van der Waals surface area (Å²) in [7, 11) is 1.84. The molecule has 4 rings (SSSR count). The van der Waals surface area contributed by atoms with Gasteiger partial charge in [-0.15, -0.1) is 24.0 Å². The van der Waals surface area contributed by atoms with Crippen LogP contribution in [0.2, 0.25) is 0 Å². The second kappa shape index (κ2) is 13.8. The number of hydrogen-bond acceptors (Lipinski definition) is 5. The molecule has 2 N–H and O–H groups in total. The molecule has 2 fully saturated rings. The van der Waals surface area contributed by atoms with Gasteiger partial charge in [-0.3, -0.25) is 9.89 Å². The Bertz CT molecular complexity index is 884. The molecule has 34 heavy (non-hydrogen) atoms. The molecule has 2 saturated heterocycles. The molecular weight excluding hydrogens is 537 g/mol. The highest BCUT2D eigenvalue weighted by atomic mass is 127. The van der Waals surface area contributed by atoms with Crippen LogP contribution in [-0.2, 0) is 13.1 Å². The van der Waals surface area contributed by atoms with E-state index in [2.05, 4.69) is 84.7 Å². The van der Waals surface area contributed by atoms with Gasteiger partial charge in [0, 0.05) is 65.1 Å². The van der Waals surface area contributed by atoms with E-state index in [1.165, 1.54) is 30.5 Å². The fourth-order valence-corrected chi connectivity index (χ4v) is 4.81. The van der Waals surface area contributed by atoms with Gasteiger partial charge in [-0.2, -0.15) is 0 Å². The van der Waals surface area contributed by atoms with Gasteiger partial charge in [-0.1, -0.05) is 37.3 Å². The Kier molecular flexibility index (Phi) is 10.9. The lowest BCUT2D eigenvalue weighted by atomic mass is 10.2. The zero-order valence-corrected chi connectivity index (χ0v) is 22.9. The molecule has 0 bridgehead atoms. The molecule has 1 aromatic carbocycles. The number of halogens is 1. The van der Waals surface area contributed by atoms with Crippen molar-refractivity contribution in [1.82, 2.24) is 25.4 Å². The highest BCUT2D eigenvalue weighted by Gasteiger charge is 2.24. The van der Waals surface area contributed by atoms with Crippen LogP contribution in [0.4, 0.5) is 5.82 Å². The number of guanidine groups is 1. The van der Waals surface area contributed by atoms with Gasteiger partial charge in [-0.05, 0) is 49.2 Å². The van der Waals surface area contributed by atoms with Gasteiger partial charge in [0.1, 0.15) is 5.82 Å². The second-order valence-electron chi connectivity index (χ2n) is 9.00. The van der Waals surface area contributed by atoms with E-state index in [0.29, 0.717) is 6.04 Å². The molecule has 0 saturated carbocycles. The maximum absolute atomic E-state index is 4.62. The first kappa shape index (κ1) is 26.7. The SMILES string of the molecule is CCN1CCN(c2cc(CNC(=NC)NCC3CCCN3Cc3ccccc3)ccn2)CC1.I. The van der Waals surface area contributed by atoms with E-state index in [0.717, 1.165) is 64.1 Å². The quantitative estimate of drug-likeness (QED) is 0.286. The zero-order valence-electron chi connectivity index (χ0n) is 20.6. The highest BCUT2D eigenvalue weighted by Crippen LogP contribution is 2.19. The van der Waals surface area contributed by atoms with E-state index in [1.54, 1.807) is 0 Å². The average Bonchev–Trinajstić information content (AvgIpc) is 3.31. The van der Waals surface area contributed by atoms with Gasteiger partial charge >= 0.3 is 0 Å². The normalized spacial score (nSPS) is 19.6. The van der Waals surface area contributed by atoms with E-state index < -0.39 is 0 Å². The number of aromatic nitrogens is 1. The Hall–Kier alpha value is -1.91. The van der Waals surface area contributed by atoms with Crippen LogP contribution in [0.3, 0.4) is 0 Å². The molecule has 1 atom stereocenters. The molecule has 0 radical (unpaired) electrons. The van der Waals surface area contributed by atoms with Crippen LogP contribution in [0, 0.1) is 0 Å². The molecule has 2 aliphatic heterocycles. The Labute approximate surface area is 222 Å². The molecule has 0 amide bonds. The Morgan fingerprint density at radius 1 is 1.03 bits per heavy atom. The number of nitrogens with zero attached hydrogens (tertiary/aromatic N) is 5. The number of anilines is 1. The van der Waals surface area contributed by atoms with Crippen molar-refractivity contribution in [1.29, 1.82) is 0 Å². The number of likely N-dealkylation sites (N-methyl/N-ethyl adjacent to an activating group) is 1. The molecule has 7 nitrogen and oxygen atoms in total. The number of nitrogens with one attached hydrogen (secondary N) is 2. The van der Waals surface area contributed by atoms with Crippen molar-refractivity contribution in [2.75, 3.05) is 57.8 Å². The number of likely N-dealkylation sites (tertiary alicyclic amines) is 1. The van der Waals surface area contributed by atoms with E-state index >= 15 is 0 Å². The average molecular weight is 578 g/mol. The lowest BCUT2D eigenvalue weighted by Crippen LogP contribution is -2.46. The van der Waals surface area contributed by atoms with E-state index in [-0.39, 0.29) is 24.0 Å². The van der Waals surface area contributed by atoms with Crippen LogP contribution < -0.4 is 15.5 Å². The van der Waals surface area contributed by atoms with Crippen LogP contribution in [0.1, 0.15) is 30.9 Å². The standard InChI is InChI=1S/C26H39N7.HI/c1-3-31-14-16-32(17-15-31)25-18-23(11-12-28-25)19-29-26(27-2)30-20-24-10-7-13-33(24)21-22-8-5-4-6-9-22;/h4-6,8-9,11-12,18,24H,3,7,10,13-17,19-21H2,1-2H3,(H2,27,29,30);1H. The zero-order chi connectivity index (χ0) is 22.9. The minimum Gasteiger partial charge on any atom is -0.355 e. The molecule has 0 spiro atoms. The number of rotatable bonds is 8. The Balaban J connectivity index is 0.00000324. The van der Waals surface area contributed by atoms with Crippen molar-refractivity contribution < 1.29 is 0 Å². The summed E-state index contributed by atoms with van der Waals surface area (Å²) in [6, 6.07) is 15.6. The summed E-state index contributed by atoms with van der Waals surface area (Å²) in [4.78, 5) is 16.5. The minimum absolute atomic E-state index is 0. The lowest BCUT2D eigenvalue weighted by Gasteiger charge is -2.34. The minimum atomic E-state index is 0. The second-order valence-corrected chi connectivity index (χ2v) is 9.00. The third-order valence-corrected chi connectivity index (χ3v) is 6.87. The lowest BCUT2D eigenvalue weighted by molar-refractivity contribution is 0.245. The summed E-state index contributed by atoms with van der Waals surface area (Å²) in [6.45, 7) is 11.5. The molecular formula is C26H40IN7. The molecule has 1 aromatic heterocycles. The molecule has 0 aliphatic carbocycles. The monoisotopic (exact) mass is 577 g/mol. The summed E-state index contributed by atoms with van der Waals surface area (Å²) >= 11 is 0. The highest BCUT2D eigenvalue weighted by molar-refractivity contribution is 14.0. The van der Waals surface area contributed by atoms with Crippen LogP contribution in [0.15, 0.2) is 53.7 Å². The van der Waals surface area contributed by atoms with Gasteiger partial charge in [0.2, 0.25) is 0 Å². The Morgan fingerprint density at radius 2 is 1.82 bits per heavy atom. The van der Waals surface area contributed by atoms with Gasteiger partial charge in [0.15, 0.2) is 5.96 Å². The van der Waals surface area contributed by atoms with Crippen LogP contribution >= 0.6 is 24.0 Å². The first-order chi connectivity index (χ1) is 16.2. The molecule has 3 heterocycles. The number of benzene rings is 1. The van der Waals surface area contributed by atoms with Gasteiger partial charge in [0.05, 0.1) is 0 Å². The number of pyridine rings is 1. The maximum atomic E-state index is 4.62. The summed E-state index contributed by atoms with van der Waals surface area (Å²) in [5.41, 5.74) is 2.61. The van der Waals surface area contributed by atoms with Crippen LogP contribution in [0.25, 0.3) is 0 Å². The van der Waals surface area contributed by atoms with E-state index in [1.807, 2.05) is 13.2 Å². The number of piperazine rings is 1. The van der Waals surface area contributed by atoms with E-state index in [4.69, 9.17) is 0 Å². The molecule has 186 valence electrons. The summed E-state index contributed by atoms with van der Waals surface area (Å²) in [5.74, 6) is 1.94. The first-order valence-corrected chi connectivity index (χ1v) is 12.4. The Morgan fingerprint density at radius 3 is 2.56 bits per heavy atom. The molecule has 2 aromatic rings.